The summed E-state index contributed by atoms with van der Waals surface area (Å²) in [6.45, 7) is 2.31. The van der Waals surface area contributed by atoms with Crippen molar-refractivity contribution in [2.75, 3.05) is 38.0 Å². The fourth-order valence-electron chi connectivity index (χ4n) is 3.33. The zero-order valence-corrected chi connectivity index (χ0v) is 14.7. The number of aliphatic hydroxyl groups excluding tert-OH is 1. The molecule has 5 heteroatoms. The second-order valence-electron chi connectivity index (χ2n) is 6.79. The molecular formula is C18H29N3O2. The van der Waals surface area contributed by atoms with E-state index in [0.29, 0.717) is 5.92 Å². The van der Waals surface area contributed by atoms with Crippen molar-refractivity contribution >= 4 is 17.4 Å². The van der Waals surface area contributed by atoms with E-state index in [-0.39, 0.29) is 18.7 Å². The predicted octanol–water partition coefficient (Wildman–Crippen LogP) is 3.08. The minimum absolute atomic E-state index is 0.0607. The topological polar surface area (TPSA) is 55.8 Å². The lowest BCUT2D eigenvalue weighted by Crippen LogP contribution is -2.42. The van der Waals surface area contributed by atoms with Crippen LogP contribution in [-0.4, -0.2) is 49.8 Å². The van der Waals surface area contributed by atoms with E-state index in [4.69, 9.17) is 0 Å². The number of amides is 2. The number of rotatable bonds is 4. The first-order chi connectivity index (χ1) is 10.9. The highest BCUT2D eigenvalue weighted by Crippen LogP contribution is 2.27. The fraction of sp³-hybridized carbons (Fsp3) is 0.611. The summed E-state index contributed by atoms with van der Waals surface area (Å²) in [6.07, 6.45) is 3.92. The molecule has 0 aromatic heterocycles. The van der Waals surface area contributed by atoms with E-state index in [1.165, 1.54) is 0 Å². The number of carbonyl (C=O) groups is 1. The molecule has 0 aliphatic heterocycles. The van der Waals surface area contributed by atoms with E-state index in [1.807, 2.05) is 51.2 Å². The van der Waals surface area contributed by atoms with Crippen LogP contribution in [0.4, 0.5) is 16.2 Å². The molecule has 0 saturated heterocycles. The van der Waals surface area contributed by atoms with Gasteiger partial charge in [0.15, 0.2) is 0 Å². The van der Waals surface area contributed by atoms with Gasteiger partial charge in [-0.3, -0.25) is 0 Å². The summed E-state index contributed by atoms with van der Waals surface area (Å²) in [5, 5.41) is 12.2. The lowest BCUT2D eigenvalue weighted by atomic mass is 9.86. The quantitative estimate of drug-likeness (QED) is 0.897. The van der Waals surface area contributed by atoms with Gasteiger partial charge >= 0.3 is 6.03 Å². The van der Waals surface area contributed by atoms with Crippen molar-refractivity contribution in [1.29, 1.82) is 0 Å². The Labute approximate surface area is 139 Å². The van der Waals surface area contributed by atoms with Crippen LogP contribution in [0.2, 0.25) is 0 Å². The number of carbonyl (C=O) groups excluding carboxylic acids is 1. The molecule has 1 aliphatic rings. The van der Waals surface area contributed by atoms with Gasteiger partial charge in [-0.25, -0.2) is 4.79 Å². The fourth-order valence-corrected chi connectivity index (χ4v) is 3.33. The number of aryl methyl sites for hydroxylation is 1. The molecule has 2 N–H and O–H groups in total. The largest absolute Gasteiger partial charge is 0.396 e. The van der Waals surface area contributed by atoms with Gasteiger partial charge in [0.05, 0.1) is 0 Å². The maximum Gasteiger partial charge on any atom is 0.321 e. The number of anilines is 2. The Kier molecular flexibility index (Phi) is 5.88. The van der Waals surface area contributed by atoms with Crippen LogP contribution in [0.15, 0.2) is 18.2 Å². The molecule has 0 unspecified atom stereocenters. The minimum Gasteiger partial charge on any atom is -0.396 e. The van der Waals surface area contributed by atoms with Crippen LogP contribution in [0.25, 0.3) is 0 Å². The zero-order valence-electron chi connectivity index (χ0n) is 14.7. The SMILES string of the molecule is Cc1cc(NC(=O)N(C)C2CCC(CO)CC2)ccc1N(C)C. The van der Waals surface area contributed by atoms with Gasteiger partial charge in [-0.15, -0.1) is 0 Å². The van der Waals surface area contributed by atoms with Crippen LogP contribution < -0.4 is 10.2 Å². The summed E-state index contributed by atoms with van der Waals surface area (Å²) in [4.78, 5) is 16.3. The van der Waals surface area contributed by atoms with E-state index in [1.54, 1.807) is 0 Å². The molecule has 0 bridgehead atoms. The molecular weight excluding hydrogens is 290 g/mol. The van der Waals surface area contributed by atoms with Gasteiger partial charge in [0.2, 0.25) is 0 Å². The Morgan fingerprint density at radius 3 is 2.39 bits per heavy atom. The maximum absolute atomic E-state index is 12.4. The molecule has 0 radical (unpaired) electrons. The van der Waals surface area contributed by atoms with Crippen molar-refractivity contribution in [1.82, 2.24) is 4.90 Å². The molecule has 1 saturated carbocycles. The van der Waals surface area contributed by atoms with E-state index >= 15 is 0 Å². The van der Waals surface area contributed by atoms with Crippen LogP contribution in [0.5, 0.6) is 0 Å². The summed E-state index contributed by atoms with van der Waals surface area (Å²) in [5.74, 6) is 0.406. The van der Waals surface area contributed by atoms with Crippen LogP contribution in [0, 0.1) is 12.8 Å². The Morgan fingerprint density at radius 2 is 1.87 bits per heavy atom. The summed E-state index contributed by atoms with van der Waals surface area (Å²) in [5.41, 5.74) is 3.12. The molecule has 2 rings (SSSR count). The highest BCUT2D eigenvalue weighted by molar-refractivity contribution is 5.89. The molecule has 0 atom stereocenters. The molecule has 0 heterocycles. The highest BCUT2D eigenvalue weighted by Gasteiger charge is 2.26. The summed E-state index contributed by atoms with van der Waals surface area (Å²) < 4.78 is 0. The van der Waals surface area contributed by atoms with Gasteiger partial charge in [-0.05, 0) is 62.3 Å². The number of hydrogen-bond acceptors (Lipinski definition) is 3. The average Bonchev–Trinajstić information content (AvgIpc) is 2.54. The summed E-state index contributed by atoms with van der Waals surface area (Å²) >= 11 is 0. The van der Waals surface area contributed by atoms with Gasteiger partial charge in [-0.2, -0.15) is 0 Å². The smallest absolute Gasteiger partial charge is 0.321 e. The average molecular weight is 319 g/mol. The predicted molar refractivity (Wildman–Crippen MR) is 95.1 cm³/mol. The molecule has 128 valence electrons. The van der Waals surface area contributed by atoms with Gasteiger partial charge in [0, 0.05) is 45.2 Å². The molecule has 0 spiro atoms. The highest BCUT2D eigenvalue weighted by atomic mass is 16.3. The Morgan fingerprint density at radius 1 is 1.22 bits per heavy atom. The molecule has 1 aromatic rings. The lowest BCUT2D eigenvalue weighted by molar-refractivity contribution is 0.139. The molecule has 2 amide bonds. The molecule has 1 aliphatic carbocycles. The van der Waals surface area contributed by atoms with E-state index in [2.05, 4.69) is 10.2 Å². The van der Waals surface area contributed by atoms with Crippen LogP contribution in [-0.2, 0) is 0 Å². The van der Waals surface area contributed by atoms with Crippen molar-refractivity contribution in [2.45, 2.75) is 38.6 Å². The number of nitrogens with zero attached hydrogens (tertiary/aromatic N) is 2. The molecule has 1 aromatic carbocycles. The normalized spacial score (nSPS) is 20.9. The Hall–Kier alpha value is -1.75. The van der Waals surface area contributed by atoms with E-state index in [0.717, 1.165) is 42.6 Å². The Balaban J connectivity index is 1.95. The van der Waals surface area contributed by atoms with Crippen LogP contribution >= 0.6 is 0 Å². The Bertz CT molecular complexity index is 537. The molecule has 5 nitrogen and oxygen atoms in total. The van der Waals surface area contributed by atoms with Crippen LogP contribution in [0.3, 0.4) is 0 Å². The molecule has 23 heavy (non-hydrogen) atoms. The molecule has 1 fully saturated rings. The van der Waals surface area contributed by atoms with Crippen molar-refractivity contribution in [3.8, 4) is 0 Å². The van der Waals surface area contributed by atoms with Crippen molar-refractivity contribution in [3.05, 3.63) is 23.8 Å². The van der Waals surface area contributed by atoms with Crippen molar-refractivity contribution in [3.63, 3.8) is 0 Å². The number of benzene rings is 1. The first-order valence-electron chi connectivity index (χ1n) is 8.35. The standard InChI is InChI=1S/C18H29N3O2/c1-13-11-15(7-10-17(13)20(2)3)19-18(23)21(4)16-8-5-14(12-22)6-9-16/h7,10-11,14,16,22H,5-6,8-9,12H2,1-4H3,(H,19,23). The van der Waals surface area contributed by atoms with Gasteiger partial charge in [0.25, 0.3) is 0 Å². The summed E-state index contributed by atoms with van der Waals surface area (Å²) in [6, 6.07) is 6.17. The first kappa shape index (κ1) is 17.6. The van der Waals surface area contributed by atoms with E-state index in [9.17, 15) is 9.90 Å². The maximum atomic E-state index is 12.4. The third kappa shape index (κ3) is 4.38. The van der Waals surface area contributed by atoms with Gasteiger partial charge in [0.1, 0.15) is 0 Å². The van der Waals surface area contributed by atoms with Gasteiger partial charge in [-0.1, -0.05) is 0 Å². The van der Waals surface area contributed by atoms with Crippen molar-refractivity contribution < 1.29 is 9.90 Å². The van der Waals surface area contributed by atoms with E-state index < -0.39 is 0 Å². The van der Waals surface area contributed by atoms with Crippen LogP contribution in [0.1, 0.15) is 31.2 Å². The number of nitrogens with one attached hydrogen (secondary N) is 1. The van der Waals surface area contributed by atoms with Gasteiger partial charge < -0.3 is 20.2 Å². The third-order valence-corrected chi connectivity index (χ3v) is 4.87. The zero-order chi connectivity index (χ0) is 17.0. The monoisotopic (exact) mass is 319 g/mol. The number of aliphatic hydroxyl groups is 1. The number of urea groups is 1. The van der Waals surface area contributed by atoms with Crippen molar-refractivity contribution in [2.24, 2.45) is 5.92 Å². The minimum atomic E-state index is -0.0607. The first-order valence-corrected chi connectivity index (χ1v) is 8.35. The summed E-state index contributed by atoms with van der Waals surface area (Å²) in [7, 11) is 5.88. The number of hydrogen-bond donors (Lipinski definition) is 2. The third-order valence-electron chi connectivity index (χ3n) is 4.87. The second kappa shape index (κ2) is 7.68. The second-order valence-corrected chi connectivity index (χ2v) is 6.79. The lowest BCUT2D eigenvalue weighted by Gasteiger charge is -2.34.